The summed E-state index contributed by atoms with van der Waals surface area (Å²) in [4.78, 5) is 4.59. The molecule has 0 saturated heterocycles. The summed E-state index contributed by atoms with van der Waals surface area (Å²) in [6, 6.07) is 15.9. The zero-order valence-electron chi connectivity index (χ0n) is 17.6. The highest BCUT2D eigenvalue weighted by atomic mass is 32.2. The van der Waals surface area contributed by atoms with Gasteiger partial charge >= 0.3 is 0 Å². The van der Waals surface area contributed by atoms with E-state index in [1.807, 2.05) is 35.9 Å². The van der Waals surface area contributed by atoms with Gasteiger partial charge in [0.05, 0.1) is 21.6 Å². The molecule has 32 heavy (non-hydrogen) atoms. The molecule has 0 aliphatic rings. The fraction of sp³-hybridized carbons (Fsp3) is 0.136. The number of hydrogen-bond donors (Lipinski definition) is 2. The van der Waals surface area contributed by atoms with E-state index in [2.05, 4.69) is 26.2 Å². The minimum atomic E-state index is -3.83. The van der Waals surface area contributed by atoms with E-state index in [0.717, 1.165) is 11.0 Å². The van der Waals surface area contributed by atoms with Crippen molar-refractivity contribution < 1.29 is 12.9 Å². The number of fused-ring (bicyclic) bond motifs is 1. The van der Waals surface area contributed by atoms with Crippen LogP contribution >= 0.6 is 0 Å². The Balaban J connectivity index is 1.54. The summed E-state index contributed by atoms with van der Waals surface area (Å²) in [6.45, 7) is 3.45. The SMILES string of the molecule is Cc1noc(NS(=O)(=O)c2ccc(NC=C(C#N)c3nc4ccccc4n3C)cc2)c1C. The van der Waals surface area contributed by atoms with Crippen LogP contribution < -0.4 is 10.0 Å². The van der Waals surface area contributed by atoms with Gasteiger partial charge in [0.1, 0.15) is 11.6 Å². The second kappa shape index (κ2) is 8.20. The molecular weight excluding hydrogens is 428 g/mol. The molecule has 9 nitrogen and oxygen atoms in total. The smallest absolute Gasteiger partial charge is 0.264 e. The maximum atomic E-state index is 12.6. The lowest BCUT2D eigenvalue weighted by molar-refractivity contribution is 0.430. The minimum absolute atomic E-state index is 0.0661. The molecule has 0 spiro atoms. The lowest BCUT2D eigenvalue weighted by Crippen LogP contribution is -2.13. The maximum absolute atomic E-state index is 12.6. The van der Waals surface area contributed by atoms with Gasteiger partial charge in [-0.05, 0) is 50.2 Å². The lowest BCUT2D eigenvalue weighted by atomic mass is 10.3. The van der Waals surface area contributed by atoms with Crippen LogP contribution in [0.3, 0.4) is 0 Å². The van der Waals surface area contributed by atoms with Gasteiger partial charge in [0.2, 0.25) is 5.88 Å². The minimum Gasteiger partial charge on any atom is -0.360 e. The summed E-state index contributed by atoms with van der Waals surface area (Å²) in [5.74, 6) is 0.621. The summed E-state index contributed by atoms with van der Waals surface area (Å²) in [7, 11) is -1.98. The highest BCUT2D eigenvalue weighted by Crippen LogP contribution is 2.23. The normalized spacial score (nSPS) is 12.0. The molecular formula is C22H20N6O3S. The van der Waals surface area contributed by atoms with Gasteiger partial charge in [0, 0.05) is 24.5 Å². The lowest BCUT2D eigenvalue weighted by Gasteiger charge is -2.07. The summed E-state index contributed by atoms with van der Waals surface area (Å²) in [5.41, 5.74) is 3.92. The molecule has 0 fully saturated rings. The van der Waals surface area contributed by atoms with Gasteiger partial charge in [-0.3, -0.25) is 0 Å². The molecule has 0 bridgehead atoms. The Hall–Kier alpha value is -4.10. The summed E-state index contributed by atoms with van der Waals surface area (Å²) >= 11 is 0. The fourth-order valence-corrected chi connectivity index (χ4v) is 4.16. The molecule has 2 heterocycles. The molecule has 0 saturated carbocycles. The van der Waals surface area contributed by atoms with E-state index in [1.165, 1.54) is 12.1 Å². The Bertz CT molecular complexity index is 1470. The Labute approximate surface area is 185 Å². The van der Waals surface area contributed by atoms with Crippen molar-refractivity contribution in [2.24, 2.45) is 7.05 Å². The van der Waals surface area contributed by atoms with Gasteiger partial charge in [-0.15, -0.1) is 0 Å². The van der Waals surface area contributed by atoms with Crippen molar-refractivity contribution in [1.82, 2.24) is 14.7 Å². The van der Waals surface area contributed by atoms with Gasteiger partial charge in [-0.2, -0.15) is 5.26 Å². The second-order valence-electron chi connectivity index (χ2n) is 7.15. The number of nitrogens with one attached hydrogen (secondary N) is 2. The first-order valence-corrected chi connectivity index (χ1v) is 11.1. The number of hydrogen-bond acceptors (Lipinski definition) is 7. The third-order valence-electron chi connectivity index (χ3n) is 5.08. The van der Waals surface area contributed by atoms with Crippen LogP contribution in [0.5, 0.6) is 0 Å². The molecule has 0 radical (unpaired) electrons. The number of allylic oxidation sites excluding steroid dienone is 1. The van der Waals surface area contributed by atoms with E-state index < -0.39 is 10.0 Å². The van der Waals surface area contributed by atoms with Crippen LogP contribution in [-0.2, 0) is 17.1 Å². The van der Waals surface area contributed by atoms with E-state index in [-0.39, 0.29) is 10.8 Å². The largest absolute Gasteiger partial charge is 0.360 e. The van der Waals surface area contributed by atoms with Crippen LogP contribution in [0.25, 0.3) is 16.6 Å². The average molecular weight is 449 g/mol. The Morgan fingerprint density at radius 2 is 1.88 bits per heavy atom. The van der Waals surface area contributed by atoms with E-state index in [4.69, 9.17) is 4.52 Å². The molecule has 0 unspecified atom stereocenters. The molecule has 2 aromatic heterocycles. The number of aromatic nitrogens is 3. The highest BCUT2D eigenvalue weighted by molar-refractivity contribution is 7.92. The average Bonchev–Trinajstić information content (AvgIpc) is 3.28. The van der Waals surface area contributed by atoms with Gasteiger partial charge in [0.25, 0.3) is 10.0 Å². The molecule has 0 amide bonds. The number of sulfonamides is 1. The number of rotatable bonds is 6. The predicted molar refractivity (Wildman–Crippen MR) is 121 cm³/mol. The van der Waals surface area contributed by atoms with Crippen LogP contribution in [0.2, 0.25) is 0 Å². The molecule has 2 aromatic carbocycles. The van der Waals surface area contributed by atoms with Crippen LogP contribution in [0.4, 0.5) is 11.6 Å². The number of imidazole rings is 1. The van der Waals surface area contributed by atoms with E-state index in [0.29, 0.717) is 28.3 Å². The molecule has 0 aliphatic heterocycles. The van der Waals surface area contributed by atoms with E-state index in [1.54, 1.807) is 32.2 Å². The molecule has 0 atom stereocenters. The summed E-state index contributed by atoms with van der Waals surface area (Å²) in [5, 5.41) is 16.4. The van der Waals surface area contributed by atoms with Crippen LogP contribution in [0.1, 0.15) is 17.1 Å². The van der Waals surface area contributed by atoms with E-state index in [9.17, 15) is 13.7 Å². The van der Waals surface area contributed by atoms with Crippen molar-refractivity contribution >= 4 is 38.2 Å². The molecule has 4 rings (SSSR count). The van der Waals surface area contributed by atoms with Crippen molar-refractivity contribution in [3.63, 3.8) is 0 Å². The number of para-hydroxylation sites is 2. The van der Waals surface area contributed by atoms with Crippen molar-refractivity contribution in [2.75, 3.05) is 10.0 Å². The van der Waals surface area contributed by atoms with E-state index >= 15 is 0 Å². The molecule has 0 aliphatic carbocycles. The third kappa shape index (κ3) is 3.93. The summed E-state index contributed by atoms with van der Waals surface area (Å²) < 4.78 is 34.5. The van der Waals surface area contributed by atoms with Gasteiger partial charge in [-0.25, -0.2) is 18.1 Å². The topological polar surface area (TPSA) is 126 Å². The number of nitriles is 1. The predicted octanol–water partition coefficient (Wildman–Crippen LogP) is 3.96. The molecule has 10 heteroatoms. The highest BCUT2D eigenvalue weighted by Gasteiger charge is 2.19. The number of nitrogens with zero attached hydrogens (tertiary/aromatic N) is 4. The van der Waals surface area contributed by atoms with Crippen molar-refractivity contribution in [3.8, 4) is 6.07 Å². The first-order chi connectivity index (χ1) is 15.3. The van der Waals surface area contributed by atoms with Crippen LogP contribution in [0.15, 0.2) is 64.1 Å². The van der Waals surface area contributed by atoms with Gasteiger partial charge < -0.3 is 14.4 Å². The standard InChI is InChI=1S/C22H20N6O3S/c1-14-15(2)26-31-22(14)27-32(29,30)18-10-8-17(9-11-18)24-13-16(12-23)21-25-19-6-4-5-7-20(19)28(21)3/h4-11,13,24,27H,1-3H3. The number of aryl methyl sites for hydroxylation is 2. The van der Waals surface area contributed by atoms with Gasteiger partial charge in [0.15, 0.2) is 5.82 Å². The maximum Gasteiger partial charge on any atom is 0.264 e. The third-order valence-corrected chi connectivity index (χ3v) is 6.43. The quantitative estimate of drug-likeness (QED) is 0.428. The Morgan fingerprint density at radius 1 is 1.16 bits per heavy atom. The van der Waals surface area contributed by atoms with Crippen molar-refractivity contribution in [1.29, 1.82) is 5.26 Å². The zero-order chi connectivity index (χ0) is 22.9. The monoisotopic (exact) mass is 448 g/mol. The second-order valence-corrected chi connectivity index (χ2v) is 8.83. The number of anilines is 2. The molecule has 2 N–H and O–H groups in total. The first-order valence-electron chi connectivity index (χ1n) is 9.64. The zero-order valence-corrected chi connectivity index (χ0v) is 18.4. The fourth-order valence-electron chi connectivity index (χ4n) is 3.11. The first kappa shape index (κ1) is 21.1. The van der Waals surface area contributed by atoms with Crippen molar-refractivity contribution in [3.05, 3.63) is 71.8 Å². The van der Waals surface area contributed by atoms with Crippen LogP contribution in [0, 0.1) is 25.2 Å². The van der Waals surface area contributed by atoms with Crippen molar-refractivity contribution in [2.45, 2.75) is 18.7 Å². The molecule has 4 aromatic rings. The number of benzene rings is 2. The van der Waals surface area contributed by atoms with Gasteiger partial charge in [-0.1, -0.05) is 17.3 Å². The van der Waals surface area contributed by atoms with Crippen LogP contribution in [-0.4, -0.2) is 23.1 Å². The Kier molecular flexibility index (Phi) is 5.42. The summed E-state index contributed by atoms with van der Waals surface area (Å²) in [6.07, 6.45) is 1.55. The molecule has 162 valence electrons. The Morgan fingerprint density at radius 3 is 2.50 bits per heavy atom.